The summed E-state index contributed by atoms with van der Waals surface area (Å²) in [6, 6.07) is 5.81. The van der Waals surface area contributed by atoms with Crippen LogP contribution in [-0.4, -0.2) is 11.1 Å². The zero-order valence-electron chi connectivity index (χ0n) is 8.79. The van der Waals surface area contributed by atoms with E-state index in [9.17, 15) is 4.79 Å². The molecule has 0 spiro atoms. The summed E-state index contributed by atoms with van der Waals surface area (Å²) in [6.45, 7) is 2.06. The Balaban J connectivity index is 2.67. The van der Waals surface area contributed by atoms with E-state index in [2.05, 4.69) is 6.92 Å². The van der Waals surface area contributed by atoms with Gasteiger partial charge in [-0.05, 0) is 36.5 Å². The summed E-state index contributed by atoms with van der Waals surface area (Å²) in [7, 11) is 0. The molecule has 0 heterocycles. The molecule has 0 bridgehead atoms. The molecule has 3 heteroatoms. The van der Waals surface area contributed by atoms with Crippen molar-refractivity contribution in [2.45, 2.75) is 32.6 Å². The first-order chi connectivity index (χ1) is 7.15. The van der Waals surface area contributed by atoms with Gasteiger partial charge in [-0.25, -0.2) is 0 Å². The molecule has 1 N–H and O–H groups in total. The van der Waals surface area contributed by atoms with Gasteiger partial charge in [0.15, 0.2) is 0 Å². The van der Waals surface area contributed by atoms with Gasteiger partial charge in [0.1, 0.15) is 0 Å². The van der Waals surface area contributed by atoms with Crippen molar-refractivity contribution < 1.29 is 9.90 Å². The summed E-state index contributed by atoms with van der Waals surface area (Å²) in [6.07, 6.45) is 2.57. The topological polar surface area (TPSA) is 37.3 Å². The molecule has 0 saturated carbocycles. The Bertz CT molecular complexity index is 347. The van der Waals surface area contributed by atoms with Gasteiger partial charge in [-0.2, -0.15) is 0 Å². The second-order valence-electron chi connectivity index (χ2n) is 3.48. The van der Waals surface area contributed by atoms with Crippen LogP contribution in [0.1, 0.15) is 30.9 Å². The number of carbonyl (C=O) groups is 1. The third-order valence-electron chi connectivity index (χ3n) is 2.41. The van der Waals surface area contributed by atoms with Crippen molar-refractivity contribution >= 4 is 17.6 Å². The highest BCUT2D eigenvalue weighted by Crippen LogP contribution is 2.22. The van der Waals surface area contributed by atoms with E-state index in [0.29, 0.717) is 6.42 Å². The van der Waals surface area contributed by atoms with Crippen LogP contribution >= 0.6 is 11.6 Å². The molecule has 0 saturated heterocycles. The minimum absolute atomic E-state index is 0.218. The van der Waals surface area contributed by atoms with Crippen LogP contribution in [0.4, 0.5) is 0 Å². The summed E-state index contributed by atoms with van der Waals surface area (Å²) < 4.78 is 0. The average molecular weight is 227 g/mol. The van der Waals surface area contributed by atoms with Crippen molar-refractivity contribution in [3.05, 3.63) is 34.3 Å². The monoisotopic (exact) mass is 226 g/mol. The third kappa shape index (κ3) is 3.56. The van der Waals surface area contributed by atoms with Crippen molar-refractivity contribution in [3.63, 3.8) is 0 Å². The molecule has 1 rings (SSSR count). The number of aliphatic carboxylic acids is 1. The van der Waals surface area contributed by atoms with Crippen molar-refractivity contribution in [3.8, 4) is 0 Å². The first-order valence-electron chi connectivity index (χ1n) is 5.13. The molecule has 0 unspecified atom stereocenters. The molecule has 0 atom stereocenters. The predicted octanol–water partition coefficient (Wildman–Crippen LogP) is 3.31. The van der Waals surface area contributed by atoms with Gasteiger partial charge in [-0.3, -0.25) is 4.79 Å². The summed E-state index contributed by atoms with van der Waals surface area (Å²) in [4.78, 5) is 10.4. The molecule has 0 aromatic heterocycles. The number of carboxylic acid groups (broad SMARTS) is 1. The molecule has 1 aromatic carbocycles. The molecule has 0 amide bonds. The lowest BCUT2D eigenvalue weighted by molar-refractivity contribution is -0.137. The maximum atomic E-state index is 10.4. The predicted molar refractivity (Wildman–Crippen MR) is 61.4 cm³/mol. The van der Waals surface area contributed by atoms with Crippen molar-refractivity contribution in [2.24, 2.45) is 0 Å². The van der Waals surface area contributed by atoms with E-state index >= 15 is 0 Å². The smallest absolute Gasteiger partial charge is 0.303 e. The van der Waals surface area contributed by atoms with Crippen LogP contribution in [0.3, 0.4) is 0 Å². The van der Waals surface area contributed by atoms with E-state index in [1.54, 1.807) is 0 Å². The molecule has 0 aliphatic carbocycles. The highest BCUT2D eigenvalue weighted by Gasteiger charge is 2.05. The Morgan fingerprint density at radius 2 is 2.20 bits per heavy atom. The highest BCUT2D eigenvalue weighted by atomic mass is 35.5. The molecule has 82 valence electrons. The molecule has 2 nitrogen and oxygen atoms in total. The molecule has 0 radical (unpaired) electrons. The Morgan fingerprint density at radius 3 is 2.80 bits per heavy atom. The van der Waals surface area contributed by atoms with Gasteiger partial charge in [0.25, 0.3) is 0 Å². The molecule has 0 fully saturated rings. The normalized spacial score (nSPS) is 10.3. The Morgan fingerprint density at radius 1 is 1.47 bits per heavy atom. The van der Waals surface area contributed by atoms with Crippen molar-refractivity contribution in [1.29, 1.82) is 0 Å². The lowest BCUT2D eigenvalue weighted by Crippen LogP contribution is -1.98. The van der Waals surface area contributed by atoms with E-state index in [0.717, 1.165) is 23.4 Å². The number of aryl methyl sites for hydroxylation is 1. The Labute approximate surface area is 94.9 Å². The number of halogens is 1. The van der Waals surface area contributed by atoms with Crippen molar-refractivity contribution in [2.75, 3.05) is 0 Å². The van der Waals surface area contributed by atoms with Crippen LogP contribution in [0.15, 0.2) is 18.2 Å². The van der Waals surface area contributed by atoms with Crippen LogP contribution in [0.5, 0.6) is 0 Å². The standard InChI is InChI=1S/C12H15ClO2/c1-2-10-9(5-3-7-11(10)13)6-4-8-12(14)15/h3,5,7H,2,4,6,8H2,1H3,(H,14,15). The minimum atomic E-state index is -0.741. The maximum absolute atomic E-state index is 10.4. The molecule has 1 aromatic rings. The van der Waals surface area contributed by atoms with Gasteiger partial charge in [-0.15, -0.1) is 0 Å². The number of benzene rings is 1. The first-order valence-corrected chi connectivity index (χ1v) is 5.51. The fourth-order valence-electron chi connectivity index (χ4n) is 1.66. The van der Waals surface area contributed by atoms with Gasteiger partial charge in [0, 0.05) is 11.4 Å². The van der Waals surface area contributed by atoms with E-state index < -0.39 is 5.97 Å². The lowest BCUT2D eigenvalue weighted by Gasteiger charge is -2.08. The summed E-state index contributed by atoms with van der Waals surface area (Å²) in [5, 5.41) is 9.33. The van der Waals surface area contributed by atoms with Gasteiger partial charge in [0.2, 0.25) is 0 Å². The fourth-order valence-corrected chi connectivity index (χ4v) is 1.99. The Kier molecular flexibility index (Phi) is 4.63. The van der Waals surface area contributed by atoms with Crippen molar-refractivity contribution in [1.82, 2.24) is 0 Å². The second-order valence-corrected chi connectivity index (χ2v) is 3.89. The maximum Gasteiger partial charge on any atom is 0.303 e. The van der Waals surface area contributed by atoms with Gasteiger partial charge >= 0.3 is 5.97 Å². The number of hydrogen-bond donors (Lipinski definition) is 1. The second kappa shape index (κ2) is 5.76. The molecule has 0 aliphatic rings. The third-order valence-corrected chi connectivity index (χ3v) is 2.76. The number of carboxylic acids is 1. The van der Waals surface area contributed by atoms with Crippen LogP contribution < -0.4 is 0 Å². The number of rotatable bonds is 5. The quantitative estimate of drug-likeness (QED) is 0.837. The summed E-state index contributed by atoms with van der Waals surface area (Å²) >= 11 is 6.05. The lowest BCUT2D eigenvalue weighted by atomic mass is 10.0. The fraction of sp³-hybridized carbons (Fsp3) is 0.417. The van der Waals surface area contributed by atoms with Gasteiger partial charge in [-0.1, -0.05) is 30.7 Å². The Hall–Kier alpha value is -1.02. The molecular formula is C12H15ClO2. The van der Waals surface area contributed by atoms with Crippen LogP contribution in [-0.2, 0) is 17.6 Å². The van der Waals surface area contributed by atoms with Crippen LogP contribution in [0.2, 0.25) is 5.02 Å². The van der Waals surface area contributed by atoms with Crippen LogP contribution in [0, 0.1) is 0 Å². The van der Waals surface area contributed by atoms with E-state index in [1.165, 1.54) is 5.56 Å². The first kappa shape index (κ1) is 12.1. The van der Waals surface area contributed by atoms with E-state index in [4.69, 9.17) is 16.7 Å². The highest BCUT2D eigenvalue weighted by molar-refractivity contribution is 6.31. The zero-order valence-corrected chi connectivity index (χ0v) is 9.55. The van der Waals surface area contributed by atoms with E-state index in [-0.39, 0.29) is 6.42 Å². The van der Waals surface area contributed by atoms with E-state index in [1.807, 2.05) is 18.2 Å². The molecule has 0 aliphatic heterocycles. The summed E-state index contributed by atoms with van der Waals surface area (Å²) in [5.74, 6) is -0.741. The number of hydrogen-bond acceptors (Lipinski definition) is 1. The minimum Gasteiger partial charge on any atom is -0.481 e. The van der Waals surface area contributed by atoms with Crippen LogP contribution in [0.25, 0.3) is 0 Å². The van der Waals surface area contributed by atoms with Gasteiger partial charge < -0.3 is 5.11 Å². The van der Waals surface area contributed by atoms with Gasteiger partial charge in [0.05, 0.1) is 0 Å². The molecule has 15 heavy (non-hydrogen) atoms. The SMILES string of the molecule is CCc1c(Cl)cccc1CCCC(=O)O. The largest absolute Gasteiger partial charge is 0.481 e. The summed E-state index contributed by atoms with van der Waals surface area (Å²) in [5.41, 5.74) is 2.32. The molecular weight excluding hydrogens is 212 g/mol. The zero-order chi connectivity index (χ0) is 11.3. The average Bonchev–Trinajstić information content (AvgIpc) is 2.17.